The minimum absolute atomic E-state index is 0.0727. The summed E-state index contributed by atoms with van der Waals surface area (Å²) in [6.45, 7) is 5.78. The third-order valence-electron chi connectivity index (χ3n) is 6.13. The predicted octanol–water partition coefficient (Wildman–Crippen LogP) is 2.55. The van der Waals surface area contributed by atoms with Gasteiger partial charge in [-0.2, -0.15) is 0 Å². The second-order valence-corrected chi connectivity index (χ2v) is 8.07. The molecule has 0 bridgehead atoms. The normalized spacial score (nSPS) is 24.8. The number of hydrogen-bond acceptors (Lipinski definition) is 5. The lowest BCUT2D eigenvalue weighted by molar-refractivity contribution is -0.155. The molecule has 1 fully saturated rings. The summed E-state index contributed by atoms with van der Waals surface area (Å²) in [6, 6.07) is 6.65. The number of ether oxygens (including phenoxy) is 1. The molecule has 3 rings (SSSR count). The summed E-state index contributed by atoms with van der Waals surface area (Å²) in [5.41, 5.74) is 0.684. The van der Waals surface area contributed by atoms with Gasteiger partial charge in [0.15, 0.2) is 6.10 Å². The summed E-state index contributed by atoms with van der Waals surface area (Å²) in [5, 5.41) is 2.99. The van der Waals surface area contributed by atoms with Crippen molar-refractivity contribution < 1.29 is 23.9 Å². The summed E-state index contributed by atoms with van der Waals surface area (Å²) in [7, 11) is 0. The van der Waals surface area contributed by atoms with E-state index in [-0.39, 0.29) is 24.9 Å². The fourth-order valence-corrected chi connectivity index (χ4v) is 4.04. The number of esters is 1. The van der Waals surface area contributed by atoms with Crippen molar-refractivity contribution in [3.63, 3.8) is 0 Å². The molecule has 0 unspecified atom stereocenters. The predicted molar refractivity (Wildman–Crippen MR) is 106 cm³/mol. The number of carbonyl (C=O) groups excluding carboxylic acids is 4. The second kappa shape index (κ2) is 8.76. The number of carbonyl (C=O) groups is 4. The highest BCUT2D eigenvalue weighted by molar-refractivity contribution is 6.21. The van der Waals surface area contributed by atoms with Crippen molar-refractivity contribution in [2.45, 2.75) is 58.6 Å². The van der Waals surface area contributed by atoms with Crippen LogP contribution < -0.4 is 5.32 Å². The molecule has 3 amide bonds. The molecule has 29 heavy (non-hydrogen) atoms. The molecule has 7 nitrogen and oxygen atoms in total. The minimum Gasteiger partial charge on any atom is -0.452 e. The summed E-state index contributed by atoms with van der Waals surface area (Å²) >= 11 is 0. The maximum Gasteiger partial charge on any atom is 0.308 e. The van der Waals surface area contributed by atoms with Gasteiger partial charge in [0.25, 0.3) is 17.7 Å². The molecule has 0 radical (unpaired) electrons. The standard InChI is InChI=1S/C22H28N2O5/c1-13-7-6-10-18(14(13)2)23-20(26)15(3)29-19(25)11-12-24-21(27)16-8-4-5-9-17(16)22(24)28/h4-5,8-9,13-15,18H,6-7,10-12H2,1-3H3,(H,23,26)/t13-,14+,15-,18+/m0/s1. The first kappa shape index (κ1) is 21.0. The van der Waals surface area contributed by atoms with E-state index < -0.39 is 23.9 Å². The Morgan fingerprint density at radius 2 is 1.76 bits per heavy atom. The molecule has 1 heterocycles. The Labute approximate surface area is 170 Å². The molecule has 0 spiro atoms. The number of rotatable bonds is 6. The van der Waals surface area contributed by atoms with Gasteiger partial charge in [-0.1, -0.05) is 38.8 Å². The van der Waals surface area contributed by atoms with Crippen molar-refractivity contribution in [3.8, 4) is 0 Å². The fraction of sp³-hybridized carbons (Fsp3) is 0.545. The Morgan fingerprint density at radius 1 is 1.14 bits per heavy atom. The Balaban J connectivity index is 1.47. The van der Waals surface area contributed by atoms with E-state index >= 15 is 0 Å². The Hall–Kier alpha value is -2.70. The van der Waals surface area contributed by atoms with Crippen LogP contribution in [0.2, 0.25) is 0 Å². The summed E-state index contributed by atoms with van der Waals surface area (Å²) in [6.07, 6.45) is 2.09. The average Bonchev–Trinajstić information content (AvgIpc) is 2.94. The molecule has 1 aliphatic heterocycles. The lowest BCUT2D eigenvalue weighted by Gasteiger charge is -2.35. The molecule has 4 atom stereocenters. The number of imide groups is 1. The lowest BCUT2D eigenvalue weighted by atomic mass is 9.78. The number of fused-ring (bicyclic) bond motifs is 1. The molecule has 1 aromatic carbocycles. The molecular formula is C22H28N2O5. The molecule has 156 valence electrons. The van der Waals surface area contributed by atoms with Crippen LogP contribution in [0.1, 0.15) is 67.2 Å². The van der Waals surface area contributed by atoms with Gasteiger partial charge in [0, 0.05) is 12.6 Å². The van der Waals surface area contributed by atoms with E-state index in [4.69, 9.17) is 4.74 Å². The first-order valence-electron chi connectivity index (χ1n) is 10.2. The van der Waals surface area contributed by atoms with E-state index in [2.05, 4.69) is 19.2 Å². The molecule has 1 N–H and O–H groups in total. The van der Waals surface area contributed by atoms with Crippen LogP contribution in [0, 0.1) is 11.8 Å². The van der Waals surface area contributed by atoms with Crippen LogP contribution >= 0.6 is 0 Å². The SMILES string of the molecule is C[C@@H]1[C@@H](C)CCC[C@H]1NC(=O)[C@H](C)OC(=O)CCN1C(=O)c2ccccc2C1=O. The van der Waals surface area contributed by atoms with Crippen molar-refractivity contribution in [1.82, 2.24) is 10.2 Å². The van der Waals surface area contributed by atoms with Crippen LogP contribution in [-0.2, 0) is 14.3 Å². The van der Waals surface area contributed by atoms with Gasteiger partial charge in [-0.15, -0.1) is 0 Å². The molecule has 0 saturated heterocycles. The third-order valence-corrected chi connectivity index (χ3v) is 6.13. The smallest absolute Gasteiger partial charge is 0.308 e. The zero-order chi connectivity index (χ0) is 21.1. The van der Waals surface area contributed by atoms with Gasteiger partial charge >= 0.3 is 5.97 Å². The van der Waals surface area contributed by atoms with Gasteiger partial charge in [-0.05, 0) is 37.3 Å². The molecular weight excluding hydrogens is 372 g/mol. The van der Waals surface area contributed by atoms with Crippen LogP contribution in [0.5, 0.6) is 0 Å². The number of amides is 3. The van der Waals surface area contributed by atoms with E-state index in [1.807, 2.05) is 0 Å². The van der Waals surface area contributed by atoms with Gasteiger partial charge in [-0.3, -0.25) is 24.1 Å². The van der Waals surface area contributed by atoms with Crippen molar-refractivity contribution in [3.05, 3.63) is 35.4 Å². The third kappa shape index (κ3) is 4.49. The number of hydrogen-bond donors (Lipinski definition) is 1. The van der Waals surface area contributed by atoms with Crippen molar-refractivity contribution in [1.29, 1.82) is 0 Å². The molecule has 1 aromatic rings. The average molecular weight is 400 g/mol. The van der Waals surface area contributed by atoms with E-state index in [0.29, 0.717) is 23.0 Å². The fourth-order valence-electron chi connectivity index (χ4n) is 4.04. The number of nitrogens with one attached hydrogen (secondary N) is 1. The maximum absolute atomic E-state index is 12.4. The molecule has 0 aromatic heterocycles. The first-order chi connectivity index (χ1) is 13.8. The van der Waals surface area contributed by atoms with Crippen molar-refractivity contribution >= 4 is 23.7 Å². The van der Waals surface area contributed by atoms with Gasteiger partial charge < -0.3 is 10.1 Å². The molecule has 1 saturated carbocycles. The summed E-state index contributed by atoms with van der Waals surface area (Å²) in [4.78, 5) is 50.2. The van der Waals surface area contributed by atoms with Gasteiger partial charge in [0.2, 0.25) is 0 Å². The minimum atomic E-state index is -0.922. The summed E-state index contributed by atoms with van der Waals surface area (Å²) < 4.78 is 5.22. The van der Waals surface area contributed by atoms with Gasteiger partial charge in [0.1, 0.15) is 0 Å². The lowest BCUT2D eigenvalue weighted by Crippen LogP contribution is -2.47. The molecule has 7 heteroatoms. The van der Waals surface area contributed by atoms with Crippen LogP contribution in [0.25, 0.3) is 0 Å². The highest BCUT2D eigenvalue weighted by Crippen LogP contribution is 2.29. The zero-order valence-corrected chi connectivity index (χ0v) is 17.1. The highest BCUT2D eigenvalue weighted by Gasteiger charge is 2.35. The highest BCUT2D eigenvalue weighted by atomic mass is 16.5. The van der Waals surface area contributed by atoms with E-state index in [9.17, 15) is 19.2 Å². The number of nitrogens with zero attached hydrogens (tertiary/aromatic N) is 1. The second-order valence-electron chi connectivity index (χ2n) is 8.07. The zero-order valence-electron chi connectivity index (χ0n) is 17.1. The Morgan fingerprint density at radius 3 is 2.38 bits per heavy atom. The van der Waals surface area contributed by atoms with E-state index in [0.717, 1.165) is 24.2 Å². The van der Waals surface area contributed by atoms with E-state index in [1.54, 1.807) is 24.3 Å². The number of benzene rings is 1. The van der Waals surface area contributed by atoms with Crippen molar-refractivity contribution in [2.24, 2.45) is 11.8 Å². The van der Waals surface area contributed by atoms with Crippen molar-refractivity contribution in [2.75, 3.05) is 6.54 Å². The quantitative estimate of drug-likeness (QED) is 0.585. The monoisotopic (exact) mass is 400 g/mol. The largest absolute Gasteiger partial charge is 0.452 e. The van der Waals surface area contributed by atoms with Gasteiger partial charge in [0.05, 0.1) is 17.5 Å². The molecule has 2 aliphatic rings. The topological polar surface area (TPSA) is 92.8 Å². The van der Waals surface area contributed by atoms with Crippen LogP contribution in [-0.4, -0.2) is 47.3 Å². The van der Waals surface area contributed by atoms with Crippen LogP contribution in [0.3, 0.4) is 0 Å². The maximum atomic E-state index is 12.4. The van der Waals surface area contributed by atoms with E-state index in [1.165, 1.54) is 6.92 Å². The summed E-state index contributed by atoms with van der Waals surface area (Å²) in [5.74, 6) is -0.829. The Bertz CT molecular complexity index is 786. The van der Waals surface area contributed by atoms with Crippen LogP contribution in [0.15, 0.2) is 24.3 Å². The Kier molecular flexibility index (Phi) is 6.35. The molecule has 1 aliphatic carbocycles. The van der Waals surface area contributed by atoms with Crippen LogP contribution in [0.4, 0.5) is 0 Å². The first-order valence-corrected chi connectivity index (χ1v) is 10.2. The van der Waals surface area contributed by atoms with Gasteiger partial charge in [-0.25, -0.2) is 0 Å².